The third-order valence-electron chi connectivity index (χ3n) is 3.58. The van der Waals surface area contributed by atoms with Gasteiger partial charge < -0.3 is 15.2 Å². The Balaban J connectivity index is 2.10. The molecule has 1 saturated carbocycles. The van der Waals surface area contributed by atoms with Gasteiger partial charge in [-0.3, -0.25) is 14.5 Å². The first-order chi connectivity index (χ1) is 9.00. The molecule has 2 N–H and O–H groups in total. The number of aliphatic carboxylic acids is 1. The topological polar surface area (TPSA) is 78.9 Å². The van der Waals surface area contributed by atoms with Crippen LogP contribution in [0.3, 0.4) is 0 Å². The third-order valence-corrected chi connectivity index (χ3v) is 3.58. The van der Waals surface area contributed by atoms with Gasteiger partial charge in [0, 0.05) is 12.6 Å². The number of ether oxygens (including phenoxy) is 1. The second-order valence-electron chi connectivity index (χ2n) is 5.61. The minimum Gasteiger partial charge on any atom is -0.480 e. The summed E-state index contributed by atoms with van der Waals surface area (Å²) in [5, 5.41) is 12.2. The lowest BCUT2D eigenvalue weighted by Crippen LogP contribution is -2.60. The fourth-order valence-corrected chi connectivity index (χ4v) is 2.58. The number of carbonyl (C=O) groups excluding carboxylic acids is 1. The first kappa shape index (κ1) is 14.3. The van der Waals surface area contributed by atoms with Crippen molar-refractivity contribution in [2.24, 2.45) is 5.92 Å². The number of carboxylic acids is 1. The lowest BCUT2D eigenvalue weighted by atomic mass is 10.1. The predicted octanol–water partition coefficient (Wildman–Crippen LogP) is 0.0750. The van der Waals surface area contributed by atoms with Crippen LogP contribution in [-0.2, 0) is 14.3 Å². The first-order valence-electron chi connectivity index (χ1n) is 6.87. The van der Waals surface area contributed by atoms with Crippen molar-refractivity contribution in [1.29, 1.82) is 0 Å². The van der Waals surface area contributed by atoms with E-state index in [1.54, 1.807) is 4.90 Å². The molecule has 0 spiro atoms. The van der Waals surface area contributed by atoms with E-state index in [2.05, 4.69) is 5.32 Å². The van der Waals surface area contributed by atoms with E-state index in [9.17, 15) is 14.7 Å². The molecule has 2 aliphatic rings. The molecule has 0 aromatic carbocycles. The Hall–Kier alpha value is -1.14. The van der Waals surface area contributed by atoms with E-state index >= 15 is 0 Å². The molecule has 0 bridgehead atoms. The van der Waals surface area contributed by atoms with E-state index in [0.717, 1.165) is 12.8 Å². The Morgan fingerprint density at radius 2 is 2.05 bits per heavy atom. The van der Waals surface area contributed by atoms with E-state index in [1.807, 2.05) is 13.8 Å². The Kier molecular flexibility index (Phi) is 4.42. The van der Waals surface area contributed by atoms with Gasteiger partial charge in [-0.1, -0.05) is 0 Å². The van der Waals surface area contributed by atoms with Crippen LogP contribution < -0.4 is 5.32 Å². The average Bonchev–Trinajstić information content (AvgIpc) is 3.13. The minimum absolute atomic E-state index is 0.0421. The molecule has 2 fully saturated rings. The highest BCUT2D eigenvalue weighted by Crippen LogP contribution is 2.36. The van der Waals surface area contributed by atoms with Crippen LogP contribution >= 0.6 is 0 Å². The zero-order valence-corrected chi connectivity index (χ0v) is 11.5. The highest BCUT2D eigenvalue weighted by molar-refractivity contribution is 5.83. The third kappa shape index (κ3) is 3.45. The molecule has 19 heavy (non-hydrogen) atoms. The molecule has 1 saturated heterocycles. The molecule has 0 aromatic rings. The smallest absolute Gasteiger partial charge is 0.321 e. The van der Waals surface area contributed by atoms with Gasteiger partial charge in [-0.2, -0.15) is 0 Å². The molecule has 108 valence electrons. The average molecular weight is 270 g/mol. The standard InChI is InChI=1S/C13H22N2O4/c1-8(2)14-12(16)10-7-19-6-5-15(10)11(13(17)18)9-3-4-9/h8-11H,3-7H2,1-2H3,(H,14,16)(H,17,18). The van der Waals surface area contributed by atoms with Gasteiger partial charge in [0.05, 0.1) is 13.2 Å². The van der Waals surface area contributed by atoms with Crippen LogP contribution in [0.2, 0.25) is 0 Å². The molecule has 1 amide bonds. The highest BCUT2D eigenvalue weighted by atomic mass is 16.5. The summed E-state index contributed by atoms with van der Waals surface area (Å²) in [6.07, 6.45) is 1.87. The summed E-state index contributed by atoms with van der Waals surface area (Å²) in [7, 11) is 0. The highest BCUT2D eigenvalue weighted by Gasteiger charge is 2.45. The second kappa shape index (κ2) is 5.88. The fraction of sp³-hybridized carbons (Fsp3) is 0.846. The number of rotatable bonds is 5. The zero-order chi connectivity index (χ0) is 14.0. The number of hydrogen-bond acceptors (Lipinski definition) is 4. The number of morpholine rings is 1. The van der Waals surface area contributed by atoms with Gasteiger partial charge in [-0.05, 0) is 32.6 Å². The molecule has 0 aromatic heterocycles. The van der Waals surface area contributed by atoms with Gasteiger partial charge in [0.15, 0.2) is 0 Å². The molecule has 2 atom stereocenters. The van der Waals surface area contributed by atoms with E-state index < -0.39 is 18.1 Å². The lowest BCUT2D eigenvalue weighted by molar-refractivity contribution is -0.152. The largest absolute Gasteiger partial charge is 0.480 e. The van der Waals surface area contributed by atoms with Crippen molar-refractivity contribution in [3.63, 3.8) is 0 Å². The number of nitrogens with zero attached hydrogens (tertiary/aromatic N) is 1. The molecule has 6 heteroatoms. The molecule has 2 rings (SSSR count). The van der Waals surface area contributed by atoms with Gasteiger partial charge in [-0.15, -0.1) is 0 Å². The minimum atomic E-state index is -0.827. The molecule has 6 nitrogen and oxygen atoms in total. The van der Waals surface area contributed by atoms with Gasteiger partial charge in [0.2, 0.25) is 5.91 Å². The van der Waals surface area contributed by atoms with Crippen molar-refractivity contribution in [3.05, 3.63) is 0 Å². The Labute approximate surface area is 113 Å². The van der Waals surface area contributed by atoms with Crippen molar-refractivity contribution in [1.82, 2.24) is 10.2 Å². The summed E-state index contributed by atoms with van der Waals surface area (Å²) in [5.41, 5.74) is 0. The number of nitrogens with one attached hydrogen (secondary N) is 1. The normalized spacial score (nSPS) is 26.2. The Morgan fingerprint density at radius 1 is 1.37 bits per heavy atom. The van der Waals surface area contributed by atoms with Gasteiger partial charge in [0.25, 0.3) is 0 Å². The molecule has 0 radical (unpaired) electrons. The van der Waals surface area contributed by atoms with Crippen LogP contribution in [0.25, 0.3) is 0 Å². The van der Waals surface area contributed by atoms with Gasteiger partial charge >= 0.3 is 5.97 Å². The summed E-state index contributed by atoms with van der Waals surface area (Å²) in [5.74, 6) is -0.779. The van der Waals surface area contributed by atoms with Crippen LogP contribution in [0, 0.1) is 5.92 Å². The van der Waals surface area contributed by atoms with Crippen LogP contribution in [0.1, 0.15) is 26.7 Å². The maximum Gasteiger partial charge on any atom is 0.321 e. The molecule has 1 aliphatic carbocycles. The summed E-state index contributed by atoms with van der Waals surface area (Å²) < 4.78 is 5.35. The number of carboxylic acid groups (broad SMARTS) is 1. The maximum absolute atomic E-state index is 12.2. The van der Waals surface area contributed by atoms with E-state index in [-0.39, 0.29) is 24.5 Å². The summed E-state index contributed by atoms with van der Waals surface area (Å²) in [4.78, 5) is 25.4. The number of carbonyl (C=O) groups is 2. The van der Waals surface area contributed by atoms with Gasteiger partial charge in [-0.25, -0.2) is 0 Å². The fourth-order valence-electron chi connectivity index (χ4n) is 2.58. The predicted molar refractivity (Wildman–Crippen MR) is 68.7 cm³/mol. The van der Waals surface area contributed by atoms with Crippen LogP contribution in [-0.4, -0.2) is 59.8 Å². The maximum atomic E-state index is 12.2. The first-order valence-corrected chi connectivity index (χ1v) is 6.87. The van der Waals surface area contributed by atoms with Crippen molar-refractivity contribution in [3.8, 4) is 0 Å². The van der Waals surface area contributed by atoms with Crippen LogP contribution in [0.4, 0.5) is 0 Å². The summed E-state index contributed by atoms with van der Waals surface area (Å²) in [6.45, 7) is 5.05. The van der Waals surface area contributed by atoms with Crippen molar-refractivity contribution in [2.75, 3.05) is 19.8 Å². The zero-order valence-electron chi connectivity index (χ0n) is 11.5. The number of hydrogen-bond donors (Lipinski definition) is 2. The van der Waals surface area contributed by atoms with Gasteiger partial charge in [0.1, 0.15) is 12.1 Å². The molecule has 2 unspecified atom stereocenters. The van der Waals surface area contributed by atoms with Crippen molar-refractivity contribution >= 4 is 11.9 Å². The molecule has 1 heterocycles. The van der Waals surface area contributed by atoms with Crippen molar-refractivity contribution in [2.45, 2.75) is 44.8 Å². The Bertz CT molecular complexity index is 355. The lowest BCUT2D eigenvalue weighted by Gasteiger charge is -2.38. The summed E-state index contributed by atoms with van der Waals surface area (Å²) >= 11 is 0. The number of amides is 1. The summed E-state index contributed by atoms with van der Waals surface area (Å²) in [6, 6.07) is -0.995. The van der Waals surface area contributed by atoms with E-state index in [1.165, 1.54) is 0 Å². The molecular weight excluding hydrogens is 248 g/mol. The second-order valence-corrected chi connectivity index (χ2v) is 5.61. The quantitative estimate of drug-likeness (QED) is 0.739. The Morgan fingerprint density at radius 3 is 2.58 bits per heavy atom. The van der Waals surface area contributed by atoms with E-state index in [4.69, 9.17) is 4.74 Å². The van der Waals surface area contributed by atoms with Crippen molar-refractivity contribution < 1.29 is 19.4 Å². The SMILES string of the molecule is CC(C)NC(=O)C1COCCN1C(C(=O)O)C1CC1. The van der Waals surface area contributed by atoms with Crippen LogP contribution in [0.5, 0.6) is 0 Å². The monoisotopic (exact) mass is 270 g/mol. The molecule has 1 aliphatic heterocycles. The van der Waals surface area contributed by atoms with E-state index in [0.29, 0.717) is 13.2 Å². The van der Waals surface area contributed by atoms with Crippen LogP contribution in [0.15, 0.2) is 0 Å². The molecular formula is C13H22N2O4.